The van der Waals surface area contributed by atoms with Gasteiger partial charge >= 0.3 is 5.97 Å². The second-order valence-corrected chi connectivity index (χ2v) is 4.78. The lowest BCUT2D eigenvalue weighted by molar-refractivity contribution is 0.0697. The molecule has 0 spiro atoms. The zero-order chi connectivity index (χ0) is 14.7. The van der Waals surface area contributed by atoms with E-state index in [4.69, 9.17) is 5.11 Å². The van der Waals surface area contributed by atoms with Gasteiger partial charge in [0.2, 0.25) is 0 Å². The van der Waals surface area contributed by atoms with Gasteiger partial charge in [-0.25, -0.2) is 9.18 Å². The Morgan fingerprint density at radius 1 is 1.20 bits per heavy atom. The zero-order valence-corrected chi connectivity index (χ0v) is 11.4. The molecular formula is C16H16FNO2. The van der Waals surface area contributed by atoms with Crippen LogP contribution in [-0.4, -0.2) is 18.1 Å². The van der Waals surface area contributed by atoms with Gasteiger partial charge < -0.3 is 10.0 Å². The first-order chi connectivity index (χ1) is 9.47. The highest BCUT2D eigenvalue weighted by Crippen LogP contribution is 2.18. The van der Waals surface area contributed by atoms with Gasteiger partial charge in [0.1, 0.15) is 5.82 Å². The number of carboxylic acid groups (broad SMARTS) is 1. The SMILES string of the molecule is Cc1cc(C(=O)O)ccc1CN(C)c1ccc(F)cc1. The zero-order valence-electron chi connectivity index (χ0n) is 11.4. The number of hydrogen-bond acceptors (Lipinski definition) is 2. The van der Waals surface area contributed by atoms with Crippen LogP contribution in [0.5, 0.6) is 0 Å². The van der Waals surface area contributed by atoms with Crippen molar-refractivity contribution in [2.24, 2.45) is 0 Å². The monoisotopic (exact) mass is 273 g/mol. The molecule has 2 aromatic rings. The molecule has 0 saturated heterocycles. The summed E-state index contributed by atoms with van der Waals surface area (Å²) < 4.78 is 12.9. The molecule has 0 atom stereocenters. The number of halogens is 1. The lowest BCUT2D eigenvalue weighted by Gasteiger charge is -2.20. The molecule has 20 heavy (non-hydrogen) atoms. The third kappa shape index (κ3) is 3.15. The molecule has 0 aliphatic carbocycles. The van der Waals surface area contributed by atoms with Gasteiger partial charge in [0, 0.05) is 19.3 Å². The van der Waals surface area contributed by atoms with E-state index in [-0.39, 0.29) is 11.4 Å². The average molecular weight is 273 g/mol. The van der Waals surface area contributed by atoms with Crippen LogP contribution in [0.3, 0.4) is 0 Å². The lowest BCUT2D eigenvalue weighted by Crippen LogP contribution is -2.17. The van der Waals surface area contributed by atoms with Crippen molar-refractivity contribution in [3.8, 4) is 0 Å². The first-order valence-corrected chi connectivity index (χ1v) is 6.27. The van der Waals surface area contributed by atoms with Crippen LogP contribution in [0.4, 0.5) is 10.1 Å². The van der Waals surface area contributed by atoms with Crippen molar-refractivity contribution >= 4 is 11.7 Å². The van der Waals surface area contributed by atoms with Crippen molar-refractivity contribution < 1.29 is 14.3 Å². The summed E-state index contributed by atoms with van der Waals surface area (Å²) in [6.45, 7) is 2.53. The fourth-order valence-electron chi connectivity index (χ4n) is 2.05. The van der Waals surface area contributed by atoms with Gasteiger partial charge in [-0.3, -0.25) is 0 Å². The molecule has 0 bridgehead atoms. The van der Waals surface area contributed by atoms with E-state index < -0.39 is 5.97 Å². The summed E-state index contributed by atoms with van der Waals surface area (Å²) in [5, 5.41) is 8.94. The Balaban J connectivity index is 2.17. The van der Waals surface area contributed by atoms with Gasteiger partial charge in [0.25, 0.3) is 0 Å². The van der Waals surface area contributed by atoms with E-state index in [1.54, 1.807) is 24.3 Å². The van der Waals surface area contributed by atoms with Gasteiger partial charge in [0.15, 0.2) is 0 Å². The smallest absolute Gasteiger partial charge is 0.335 e. The molecule has 0 unspecified atom stereocenters. The van der Waals surface area contributed by atoms with Gasteiger partial charge in [-0.2, -0.15) is 0 Å². The molecule has 0 amide bonds. The molecule has 0 saturated carbocycles. The standard InChI is InChI=1S/C16H16FNO2/c1-11-9-12(16(19)20)3-4-13(11)10-18(2)15-7-5-14(17)6-8-15/h3-9H,10H2,1-2H3,(H,19,20). The Kier molecular flexibility index (Phi) is 4.03. The van der Waals surface area contributed by atoms with E-state index in [2.05, 4.69) is 0 Å². The van der Waals surface area contributed by atoms with Crippen LogP contribution in [0.2, 0.25) is 0 Å². The van der Waals surface area contributed by atoms with E-state index in [0.717, 1.165) is 16.8 Å². The summed E-state index contributed by atoms with van der Waals surface area (Å²) in [4.78, 5) is 12.9. The minimum atomic E-state index is -0.925. The van der Waals surface area contributed by atoms with Crippen LogP contribution >= 0.6 is 0 Å². The molecular weight excluding hydrogens is 257 g/mol. The summed E-state index contributed by atoms with van der Waals surface area (Å²) in [6.07, 6.45) is 0. The molecule has 4 heteroatoms. The number of hydrogen-bond donors (Lipinski definition) is 1. The largest absolute Gasteiger partial charge is 0.478 e. The Morgan fingerprint density at radius 3 is 2.40 bits per heavy atom. The summed E-state index contributed by atoms with van der Waals surface area (Å²) >= 11 is 0. The number of aromatic carboxylic acids is 1. The van der Waals surface area contributed by atoms with E-state index in [1.165, 1.54) is 12.1 Å². The predicted octanol–water partition coefficient (Wildman–Crippen LogP) is 3.47. The maximum absolute atomic E-state index is 12.9. The Hall–Kier alpha value is -2.36. The number of benzene rings is 2. The summed E-state index contributed by atoms with van der Waals surface area (Å²) in [7, 11) is 1.91. The minimum Gasteiger partial charge on any atom is -0.478 e. The Labute approximate surface area is 117 Å². The third-order valence-corrected chi connectivity index (χ3v) is 3.26. The maximum atomic E-state index is 12.9. The van der Waals surface area contributed by atoms with Crippen molar-refractivity contribution in [1.29, 1.82) is 0 Å². The molecule has 104 valence electrons. The normalized spacial score (nSPS) is 10.3. The average Bonchev–Trinajstić information content (AvgIpc) is 2.41. The Bertz CT molecular complexity index is 623. The Morgan fingerprint density at radius 2 is 1.85 bits per heavy atom. The summed E-state index contributed by atoms with van der Waals surface area (Å²) in [5.41, 5.74) is 3.17. The van der Waals surface area contributed by atoms with Crippen molar-refractivity contribution in [1.82, 2.24) is 0 Å². The molecule has 0 aromatic heterocycles. The number of carboxylic acids is 1. The highest BCUT2D eigenvalue weighted by molar-refractivity contribution is 5.87. The first-order valence-electron chi connectivity index (χ1n) is 6.27. The number of carbonyl (C=O) groups is 1. The quantitative estimate of drug-likeness (QED) is 0.927. The van der Waals surface area contributed by atoms with E-state index in [1.807, 2.05) is 24.9 Å². The molecule has 2 aromatic carbocycles. The number of anilines is 1. The number of rotatable bonds is 4. The fourth-order valence-corrected chi connectivity index (χ4v) is 2.05. The highest BCUT2D eigenvalue weighted by atomic mass is 19.1. The van der Waals surface area contributed by atoms with Crippen molar-refractivity contribution in [3.05, 3.63) is 65.0 Å². The van der Waals surface area contributed by atoms with Crippen LogP contribution in [0, 0.1) is 12.7 Å². The molecule has 2 rings (SSSR count). The summed E-state index contributed by atoms with van der Waals surface area (Å²) in [5.74, 6) is -1.18. The summed E-state index contributed by atoms with van der Waals surface area (Å²) in [6, 6.07) is 11.4. The van der Waals surface area contributed by atoms with Crippen LogP contribution in [0.1, 0.15) is 21.5 Å². The van der Waals surface area contributed by atoms with Crippen LogP contribution < -0.4 is 4.90 Å². The second-order valence-electron chi connectivity index (χ2n) is 4.78. The molecule has 3 nitrogen and oxygen atoms in total. The van der Waals surface area contributed by atoms with Crippen molar-refractivity contribution in [3.63, 3.8) is 0 Å². The topological polar surface area (TPSA) is 40.5 Å². The van der Waals surface area contributed by atoms with E-state index in [9.17, 15) is 9.18 Å². The lowest BCUT2D eigenvalue weighted by atomic mass is 10.0. The van der Waals surface area contributed by atoms with Gasteiger partial charge in [0.05, 0.1) is 5.56 Å². The minimum absolute atomic E-state index is 0.260. The third-order valence-electron chi connectivity index (χ3n) is 3.26. The van der Waals surface area contributed by atoms with Crippen molar-refractivity contribution in [2.45, 2.75) is 13.5 Å². The van der Waals surface area contributed by atoms with Crippen molar-refractivity contribution in [2.75, 3.05) is 11.9 Å². The van der Waals surface area contributed by atoms with Gasteiger partial charge in [-0.05, 0) is 54.4 Å². The molecule has 0 aliphatic heterocycles. The van der Waals surface area contributed by atoms with Crippen LogP contribution in [-0.2, 0) is 6.54 Å². The fraction of sp³-hybridized carbons (Fsp3) is 0.188. The first kappa shape index (κ1) is 14.1. The second kappa shape index (κ2) is 5.74. The molecule has 0 heterocycles. The molecule has 0 radical (unpaired) electrons. The molecule has 1 N–H and O–H groups in total. The highest BCUT2D eigenvalue weighted by Gasteiger charge is 2.08. The van der Waals surface area contributed by atoms with Crippen LogP contribution in [0.25, 0.3) is 0 Å². The number of nitrogens with zero attached hydrogens (tertiary/aromatic N) is 1. The number of aryl methyl sites for hydroxylation is 1. The van der Waals surface area contributed by atoms with Crippen LogP contribution in [0.15, 0.2) is 42.5 Å². The van der Waals surface area contributed by atoms with Gasteiger partial charge in [-0.1, -0.05) is 6.07 Å². The maximum Gasteiger partial charge on any atom is 0.335 e. The van der Waals surface area contributed by atoms with E-state index >= 15 is 0 Å². The van der Waals surface area contributed by atoms with Gasteiger partial charge in [-0.15, -0.1) is 0 Å². The molecule has 0 fully saturated rings. The van der Waals surface area contributed by atoms with E-state index in [0.29, 0.717) is 6.54 Å². The molecule has 0 aliphatic rings. The predicted molar refractivity (Wildman–Crippen MR) is 76.6 cm³/mol.